The standard InChI is InChI=1S/C17H22N2O2/c1-4-13-7-5-6-8-14(13)11-18-12-15-17(21-3)16(20-2)9-10-19-15/h5-10,18H,4,11-12H2,1-3H3. The number of benzene rings is 1. The summed E-state index contributed by atoms with van der Waals surface area (Å²) in [5.74, 6) is 1.40. The Kier molecular flexibility index (Phi) is 5.58. The van der Waals surface area contributed by atoms with Gasteiger partial charge in [0.1, 0.15) is 0 Å². The van der Waals surface area contributed by atoms with Gasteiger partial charge in [0.05, 0.1) is 19.9 Å². The van der Waals surface area contributed by atoms with Crippen molar-refractivity contribution in [2.75, 3.05) is 14.2 Å². The highest BCUT2D eigenvalue weighted by Crippen LogP contribution is 2.28. The summed E-state index contributed by atoms with van der Waals surface area (Å²) >= 11 is 0. The zero-order valence-electron chi connectivity index (χ0n) is 12.8. The molecule has 21 heavy (non-hydrogen) atoms. The molecular formula is C17H22N2O2. The Hall–Kier alpha value is -2.07. The van der Waals surface area contributed by atoms with Crippen LogP contribution in [-0.4, -0.2) is 19.2 Å². The van der Waals surface area contributed by atoms with Crippen LogP contribution in [0, 0.1) is 0 Å². The Labute approximate surface area is 126 Å². The van der Waals surface area contributed by atoms with E-state index in [1.165, 1.54) is 11.1 Å². The van der Waals surface area contributed by atoms with Gasteiger partial charge in [-0.25, -0.2) is 0 Å². The van der Waals surface area contributed by atoms with Gasteiger partial charge in [-0.3, -0.25) is 4.98 Å². The number of methoxy groups -OCH3 is 2. The first kappa shape index (κ1) is 15.3. The van der Waals surface area contributed by atoms with Gasteiger partial charge in [0.25, 0.3) is 0 Å². The molecule has 1 aromatic heterocycles. The van der Waals surface area contributed by atoms with E-state index in [0.717, 1.165) is 18.7 Å². The van der Waals surface area contributed by atoms with E-state index in [-0.39, 0.29) is 0 Å². The largest absolute Gasteiger partial charge is 0.493 e. The Morgan fingerprint density at radius 1 is 1.00 bits per heavy atom. The van der Waals surface area contributed by atoms with Gasteiger partial charge in [-0.15, -0.1) is 0 Å². The maximum absolute atomic E-state index is 5.39. The fourth-order valence-electron chi connectivity index (χ4n) is 2.37. The van der Waals surface area contributed by atoms with Gasteiger partial charge < -0.3 is 14.8 Å². The second-order valence-corrected chi connectivity index (χ2v) is 4.72. The number of ether oxygens (including phenoxy) is 2. The van der Waals surface area contributed by atoms with E-state index in [0.29, 0.717) is 18.0 Å². The molecule has 0 radical (unpaired) electrons. The molecule has 2 rings (SSSR count). The van der Waals surface area contributed by atoms with Gasteiger partial charge in [0.15, 0.2) is 11.5 Å². The van der Waals surface area contributed by atoms with Crippen LogP contribution >= 0.6 is 0 Å². The minimum atomic E-state index is 0.637. The molecule has 0 bridgehead atoms. The Morgan fingerprint density at radius 2 is 1.76 bits per heavy atom. The number of hydrogen-bond donors (Lipinski definition) is 1. The lowest BCUT2D eigenvalue weighted by atomic mass is 10.1. The van der Waals surface area contributed by atoms with E-state index >= 15 is 0 Å². The Bertz CT molecular complexity index is 585. The topological polar surface area (TPSA) is 43.4 Å². The van der Waals surface area contributed by atoms with Crippen molar-refractivity contribution >= 4 is 0 Å². The van der Waals surface area contributed by atoms with Crippen LogP contribution in [0.1, 0.15) is 23.7 Å². The number of nitrogens with zero attached hydrogens (tertiary/aromatic N) is 1. The lowest BCUT2D eigenvalue weighted by molar-refractivity contribution is 0.348. The van der Waals surface area contributed by atoms with Crippen LogP contribution in [0.3, 0.4) is 0 Å². The summed E-state index contributed by atoms with van der Waals surface area (Å²) in [5, 5.41) is 3.42. The molecule has 0 spiro atoms. The van der Waals surface area contributed by atoms with Crippen molar-refractivity contribution in [1.82, 2.24) is 10.3 Å². The van der Waals surface area contributed by atoms with E-state index in [2.05, 4.69) is 41.5 Å². The highest BCUT2D eigenvalue weighted by atomic mass is 16.5. The highest BCUT2D eigenvalue weighted by Gasteiger charge is 2.10. The molecule has 4 nitrogen and oxygen atoms in total. The Morgan fingerprint density at radius 3 is 2.43 bits per heavy atom. The minimum Gasteiger partial charge on any atom is -0.493 e. The minimum absolute atomic E-state index is 0.637. The first-order chi connectivity index (χ1) is 10.3. The molecule has 1 heterocycles. The van der Waals surface area contributed by atoms with Gasteiger partial charge in [-0.1, -0.05) is 31.2 Å². The lowest BCUT2D eigenvalue weighted by Gasteiger charge is -2.13. The predicted molar refractivity (Wildman–Crippen MR) is 83.7 cm³/mol. The molecule has 0 unspecified atom stereocenters. The first-order valence-electron chi connectivity index (χ1n) is 7.13. The summed E-state index contributed by atoms with van der Waals surface area (Å²) in [6.45, 7) is 3.62. The molecule has 4 heteroatoms. The third-order valence-electron chi connectivity index (χ3n) is 3.47. The molecule has 0 saturated heterocycles. The number of rotatable bonds is 7. The monoisotopic (exact) mass is 286 g/mol. The van der Waals surface area contributed by atoms with E-state index in [9.17, 15) is 0 Å². The summed E-state index contributed by atoms with van der Waals surface area (Å²) < 4.78 is 10.7. The van der Waals surface area contributed by atoms with Crippen LogP contribution in [0.15, 0.2) is 36.5 Å². The van der Waals surface area contributed by atoms with E-state index < -0.39 is 0 Å². The van der Waals surface area contributed by atoms with Gasteiger partial charge in [0.2, 0.25) is 0 Å². The fourth-order valence-corrected chi connectivity index (χ4v) is 2.37. The second-order valence-electron chi connectivity index (χ2n) is 4.72. The van der Waals surface area contributed by atoms with E-state index in [1.807, 2.05) is 0 Å². The number of pyridine rings is 1. The molecule has 0 aliphatic heterocycles. The van der Waals surface area contributed by atoms with Crippen LogP contribution < -0.4 is 14.8 Å². The SMILES string of the molecule is CCc1ccccc1CNCc1nccc(OC)c1OC. The average molecular weight is 286 g/mol. The van der Waals surface area contributed by atoms with Crippen LogP contribution in [0.25, 0.3) is 0 Å². The van der Waals surface area contributed by atoms with Gasteiger partial charge in [-0.2, -0.15) is 0 Å². The second kappa shape index (κ2) is 7.64. The predicted octanol–water partition coefficient (Wildman–Crippen LogP) is 2.95. The van der Waals surface area contributed by atoms with E-state index in [1.54, 1.807) is 26.5 Å². The molecule has 1 aromatic carbocycles. The first-order valence-corrected chi connectivity index (χ1v) is 7.13. The molecule has 0 amide bonds. The van der Waals surface area contributed by atoms with Crippen LogP contribution in [-0.2, 0) is 19.5 Å². The van der Waals surface area contributed by atoms with Crippen molar-refractivity contribution in [1.29, 1.82) is 0 Å². The molecule has 0 aliphatic rings. The van der Waals surface area contributed by atoms with Crippen LogP contribution in [0.5, 0.6) is 11.5 Å². The van der Waals surface area contributed by atoms with Gasteiger partial charge in [0, 0.05) is 25.4 Å². The van der Waals surface area contributed by atoms with Gasteiger partial charge in [-0.05, 0) is 17.5 Å². The number of nitrogens with one attached hydrogen (secondary N) is 1. The maximum Gasteiger partial charge on any atom is 0.183 e. The normalized spacial score (nSPS) is 10.4. The molecule has 112 valence electrons. The number of aryl methyl sites for hydroxylation is 1. The van der Waals surface area contributed by atoms with Gasteiger partial charge >= 0.3 is 0 Å². The van der Waals surface area contributed by atoms with Crippen molar-refractivity contribution in [2.24, 2.45) is 0 Å². The van der Waals surface area contributed by atoms with Crippen molar-refractivity contribution in [3.05, 3.63) is 53.3 Å². The lowest BCUT2D eigenvalue weighted by Crippen LogP contribution is -2.15. The third-order valence-corrected chi connectivity index (χ3v) is 3.47. The quantitative estimate of drug-likeness (QED) is 0.850. The fraction of sp³-hybridized carbons (Fsp3) is 0.353. The zero-order chi connectivity index (χ0) is 15.1. The average Bonchev–Trinajstić information content (AvgIpc) is 2.54. The zero-order valence-corrected chi connectivity index (χ0v) is 12.8. The number of aromatic nitrogens is 1. The maximum atomic E-state index is 5.39. The summed E-state index contributed by atoms with van der Waals surface area (Å²) in [4.78, 5) is 4.36. The highest BCUT2D eigenvalue weighted by molar-refractivity contribution is 5.42. The summed E-state index contributed by atoms with van der Waals surface area (Å²) in [7, 11) is 3.27. The molecule has 1 N–H and O–H groups in total. The third kappa shape index (κ3) is 3.73. The summed E-state index contributed by atoms with van der Waals surface area (Å²) in [5.41, 5.74) is 3.54. The molecule has 0 atom stereocenters. The molecule has 0 saturated carbocycles. The molecule has 2 aromatic rings. The molecule has 0 aliphatic carbocycles. The van der Waals surface area contributed by atoms with Crippen molar-refractivity contribution in [2.45, 2.75) is 26.4 Å². The van der Waals surface area contributed by atoms with Crippen LogP contribution in [0.2, 0.25) is 0 Å². The van der Waals surface area contributed by atoms with Crippen LogP contribution in [0.4, 0.5) is 0 Å². The van der Waals surface area contributed by atoms with E-state index in [4.69, 9.17) is 9.47 Å². The molecule has 0 fully saturated rings. The smallest absolute Gasteiger partial charge is 0.183 e. The van der Waals surface area contributed by atoms with Crippen molar-refractivity contribution in [3.8, 4) is 11.5 Å². The summed E-state index contributed by atoms with van der Waals surface area (Å²) in [6.07, 6.45) is 2.77. The van der Waals surface area contributed by atoms with Crippen molar-refractivity contribution in [3.63, 3.8) is 0 Å². The Balaban J connectivity index is 2.04. The number of hydrogen-bond acceptors (Lipinski definition) is 4. The summed E-state index contributed by atoms with van der Waals surface area (Å²) in [6, 6.07) is 10.3. The molecular weight excluding hydrogens is 264 g/mol. The van der Waals surface area contributed by atoms with Crippen molar-refractivity contribution < 1.29 is 9.47 Å².